The average molecular weight is 254 g/mol. The van der Waals surface area contributed by atoms with E-state index in [4.69, 9.17) is 0 Å². The summed E-state index contributed by atoms with van der Waals surface area (Å²) in [7, 11) is 0. The quantitative estimate of drug-likeness (QED) is 0.805. The van der Waals surface area contributed by atoms with Gasteiger partial charge in [-0.3, -0.25) is 4.79 Å². The van der Waals surface area contributed by atoms with Gasteiger partial charge in [0, 0.05) is 6.54 Å². The van der Waals surface area contributed by atoms with Gasteiger partial charge >= 0.3 is 0 Å². The first-order chi connectivity index (χ1) is 8.28. The van der Waals surface area contributed by atoms with Gasteiger partial charge in [0.1, 0.15) is 5.69 Å². The second-order valence-electron chi connectivity index (χ2n) is 5.47. The molecule has 4 nitrogen and oxygen atoms in total. The molecule has 18 heavy (non-hydrogen) atoms. The topological polar surface area (TPSA) is 62.2 Å². The van der Waals surface area contributed by atoms with Crippen molar-refractivity contribution in [1.29, 1.82) is 0 Å². The Bertz CT molecular complexity index is 416. The van der Waals surface area contributed by atoms with Crippen molar-refractivity contribution in [2.45, 2.75) is 33.3 Å². The number of pyridine rings is 1. The van der Waals surface area contributed by atoms with Crippen LogP contribution in [0, 0.1) is 11.4 Å². The summed E-state index contributed by atoms with van der Waals surface area (Å²) < 4.78 is 12.8. The van der Waals surface area contributed by atoms with Crippen LogP contribution in [0.2, 0.25) is 0 Å². The highest BCUT2D eigenvalue weighted by Crippen LogP contribution is 2.20. The van der Waals surface area contributed by atoms with Gasteiger partial charge in [0.15, 0.2) is 0 Å². The molecule has 5 heteroatoms. The molecule has 1 atom stereocenters. The molecule has 2 N–H and O–H groups in total. The summed E-state index contributed by atoms with van der Waals surface area (Å²) in [6, 6.07) is 4.02. The van der Waals surface area contributed by atoms with Crippen molar-refractivity contribution in [3.05, 3.63) is 29.8 Å². The Hall–Kier alpha value is -1.49. The molecule has 0 aliphatic heterocycles. The van der Waals surface area contributed by atoms with Gasteiger partial charge in [-0.25, -0.2) is 4.98 Å². The lowest BCUT2D eigenvalue weighted by Crippen LogP contribution is -2.34. The highest BCUT2D eigenvalue weighted by Gasteiger charge is 2.17. The van der Waals surface area contributed by atoms with E-state index in [1.807, 2.05) is 20.8 Å². The van der Waals surface area contributed by atoms with E-state index in [9.17, 15) is 14.3 Å². The Morgan fingerprint density at radius 1 is 1.50 bits per heavy atom. The number of aliphatic hydroxyl groups is 1. The molecule has 0 fully saturated rings. The maximum atomic E-state index is 12.8. The molecule has 0 saturated heterocycles. The summed E-state index contributed by atoms with van der Waals surface area (Å²) in [6.07, 6.45) is -0.0494. The first-order valence-electron chi connectivity index (χ1n) is 5.87. The van der Waals surface area contributed by atoms with Crippen molar-refractivity contribution >= 4 is 5.91 Å². The molecule has 0 aliphatic rings. The molecular weight excluding hydrogens is 235 g/mol. The van der Waals surface area contributed by atoms with E-state index in [1.54, 1.807) is 0 Å². The Morgan fingerprint density at radius 3 is 2.72 bits per heavy atom. The molecule has 0 aromatic carbocycles. The van der Waals surface area contributed by atoms with Crippen LogP contribution in [-0.4, -0.2) is 28.6 Å². The fraction of sp³-hybridized carbons (Fsp3) is 0.538. The molecule has 100 valence electrons. The van der Waals surface area contributed by atoms with Crippen molar-refractivity contribution < 1.29 is 14.3 Å². The van der Waals surface area contributed by atoms with Crippen molar-refractivity contribution in [3.63, 3.8) is 0 Å². The van der Waals surface area contributed by atoms with Gasteiger partial charge in [0.25, 0.3) is 5.91 Å². The normalized spacial score (nSPS) is 13.2. The monoisotopic (exact) mass is 254 g/mol. The van der Waals surface area contributed by atoms with Gasteiger partial charge in [-0.15, -0.1) is 0 Å². The van der Waals surface area contributed by atoms with Crippen molar-refractivity contribution in [3.8, 4) is 0 Å². The molecule has 1 unspecified atom stereocenters. The Balaban J connectivity index is 2.47. The zero-order valence-electron chi connectivity index (χ0n) is 10.9. The fourth-order valence-corrected chi connectivity index (χ4v) is 1.61. The SMILES string of the molecule is CC(C)(C)CC(O)CNC(=O)c1cccc(F)n1. The van der Waals surface area contributed by atoms with E-state index < -0.39 is 18.0 Å². The number of nitrogens with one attached hydrogen (secondary N) is 1. The van der Waals surface area contributed by atoms with E-state index in [-0.39, 0.29) is 17.7 Å². The zero-order chi connectivity index (χ0) is 13.8. The van der Waals surface area contributed by atoms with Gasteiger partial charge in [-0.05, 0) is 24.0 Å². The van der Waals surface area contributed by atoms with E-state index in [0.29, 0.717) is 6.42 Å². The third kappa shape index (κ3) is 5.23. The number of aromatic nitrogens is 1. The van der Waals surface area contributed by atoms with Gasteiger partial charge in [-0.1, -0.05) is 26.8 Å². The molecule has 1 heterocycles. The predicted octanol–water partition coefficient (Wildman–Crippen LogP) is 1.75. The van der Waals surface area contributed by atoms with Crippen molar-refractivity contribution in [2.24, 2.45) is 5.41 Å². The molecule has 0 aliphatic carbocycles. The van der Waals surface area contributed by atoms with Crippen LogP contribution < -0.4 is 5.32 Å². The number of carbonyl (C=O) groups is 1. The highest BCUT2D eigenvalue weighted by atomic mass is 19.1. The standard InChI is InChI=1S/C13H19FN2O2/c1-13(2,3)7-9(17)8-15-12(18)10-5-4-6-11(14)16-10/h4-6,9,17H,7-8H2,1-3H3,(H,15,18). The number of rotatable bonds is 4. The molecule has 0 saturated carbocycles. The third-order valence-electron chi connectivity index (χ3n) is 2.29. The second kappa shape index (κ2) is 5.91. The zero-order valence-corrected chi connectivity index (χ0v) is 10.9. The minimum absolute atomic E-state index is 0.0120. The Kier molecular flexibility index (Phi) is 4.78. The molecular formula is C13H19FN2O2. The van der Waals surface area contributed by atoms with E-state index >= 15 is 0 Å². The van der Waals surface area contributed by atoms with E-state index in [2.05, 4.69) is 10.3 Å². The van der Waals surface area contributed by atoms with Crippen LogP contribution in [0.3, 0.4) is 0 Å². The lowest BCUT2D eigenvalue weighted by molar-refractivity contribution is 0.0863. The van der Waals surface area contributed by atoms with E-state index in [0.717, 1.165) is 0 Å². The van der Waals surface area contributed by atoms with Gasteiger partial charge in [-0.2, -0.15) is 4.39 Å². The molecule has 1 amide bonds. The summed E-state index contributed by atoms with van der Waals surface area (Å²) in [6.45, 7) is 6.15. The maximum absolute atomic E-state index is 12.8. The van der Waals surface area contributed by atoms with Crippen LogP contribution >= 0.6 is 0 Å². The lowest BCUT2D eigenvalue weighted by atomic mass is 9.89. The number of amides is 1. The predicted molar refractivity (Wildman–Crippen MR) is 66.6 cm³/mol. The van der Waals surface area contributed by atoms with Crippen LogP contribution in [0.5, 0.6) is 0 Å². The summed E-state index contributed by atoms with van der Waals surface area (Å²) >= 11 is 0. The molecule has 0 radical (unpaired) electrons. The highest BCUT2D eigenvalue weighted by molar-refractivity contribution is 5.92. The van der Waals surface area contributed by atoms with Crippen molar-refractivity contribution in [1.82, 2.24) is 10.3 Å². The van der Waals surface area contributed by atoms with Gasteiger partial charge in [0.05, 0.1) is 6.10 Å². The first-order valence-corrected chi connectivity index (χ1v) is 5.87. The minimum atomic E-state index is -0.696. The maximum Gasteiger partial charge on any atom is 0.270 e. The number of aliphatic hydroxyl groups excluding tert-OH is 1. The minimum Gasteiger partial charge on any atom is -0.391 e. The largest absolute Gasteiger partial charge is 0.391 e. The fourth-order valence-electron chi connectivity index (χ4n) is 1.61. The summed E-state index contributed by atoms with van der Waals surface area (Å²) in [5, 5.41) is 12.3. The van der Waals surface area contributed by atoms with Crippen LogP contribution in [-0.2, 0) is 0 Å². The number of nitrogens with zero attached hydrogens (tertiary/aromatic N) is 1. The average Bonchev–Trinajstić information content (AvgIpc) is 2.23. The molecule has 1 rings (SSSR count). The second-order valence-corrected chi connectivity index (χ2v) is 5.47. The number of carbonyl (C=O) groups excluding carboxylic acids is 1. The molecule has 1 aromatic heterocycles. The number of hydrogen-bond acceptors (Lipinski definition) is 3. The molecule has 0 bridgehead atoms. The van der Waals surface area contributed by atoms with Gasteiger partial charge < -0.3 is 10.4 Å². The Morgan fingerprint density at radius 2 is 2.17 bits per heavy atom. The summed E-state index contributed by atoms with van der Waals surface area (Å²) in [4.78, 5) is 15.1. The smallest absolute Gasteiger partial charge is 0.270 e. The first kappa shape index (κ1) is 14.6. The van der Waals surface area contributed by atoms with Crippen molar-refractivity contribution in [2.75, 3.05) is 6.54 Å². The Labute approximate surface area is 106 Å². The van der Waals surface area contributed by atoms with Crippen LogP contribution in [0.4, 0.5) is 4.39 Å². The van der Waals surface area contributed by atoms with E-state index in [1.165, 1.54) is 18.2 Å². The summed E-state index contributed by atoms with van der Waals surface area (Å²) in [5.74, 6) is -1.18. The third-order valence-corrected chi connectivity index (χ3v) is 2.29. The number of hydrogen-bond donors (Lipinski definition) is 2. The van der Waals surface area contributed by atoms with Crippen LogP contribution in [0.15, 0.2) is 18.2 Å². The molecule has 0 spiro atoms. The summed E-state index contributed by atoms with van der Waals surface area (Å²) in [5.41, 5.74) is -0.000651. The lowest BCUT2D eigenvalue weighted by Gasteiger charge is -2.22. The van der Waals surface area contributed by atoms with Crippen LogP contribution in [0.1, 0.15) is 37.7 Å². The number of halogens is 1. The van der Waals surface area contributed by atoms with Crippen LogP contribution in [0.25, 0.3) is 0 Å². The molecule has 1 aromatic rings. The van der Waals surface area contributed by atoms with Gasteiger partial charge in [0.2, 0.25) is 5.95 Å².